The molecule has 0 radical (unpaired) electrons. The van der Waals surface area contributed by atoms with Gasteiger partial charge in [-0.05, 0) is 20.4 Å². The number of rotatable bonds is 7. The predicted molar refractivity (Wildman–Crippen MR) is 60.7 cm³/mol. The highest BCUT2D eigenvalue weighted by atomic mass is 35.5. The zero-order valence-corrected chi connectivity index (χ0v) is 10.1. The number of carbonyl (C=O) groups excluding carboxylic acids is 1. The van der Waals surface area contributed by atoms with E-state index in [1.807, 2.05) is 0 Å². The van der Waals surface area contributed by atoms with Crippen molar-refractivity contribution in [1.82, 2.24) is 10.2 Å². The van der Waals surface area contributed by atoms with Crippen LogP contribution < -0.4 is 5.32 Å². The number of nitrogens with one attached hydrogen (secondary N) is 1. The van der Waals surface area contributed by atoms with Gasteiger partial charge in [-0.25, -0.2) is 0 Å². The number of amides is 1. The molecule has 0 fully saturated rings. The van der Waals surface area contributed by atoms with E-state index in [2.05, 4.69) is 31.1 Å². The fraction of sp³-hybridized carbons (Fsp3) is 0.900. The third kappa shape index (κ3) is 6.22. The predicted octanol–water partition coefficient (Wildman–Crippen LogP) is 1.46. The van der Waals surface area contributed by atoms with Crippen LogP contribution in [0, 0.1) is 0 Å². The second-order valence-electron chi connectivity index (χ2n) is 3.53. The summed E-state index contributed by atoms with van der Waals surface area (Å²) in [5.41, 5.74) is 0. The Morgan fingerprint density at radius 3 is 2.71 bits per heavy atom. The summed E-state index contributed by atoms with van der Waals surface area (Å²) in [7, 11) is 2.07. The lowest BCUT2D eigenvalue weighted by Crippen LogP contribution is -2.37. The molecular formula is C10H21ClN2O. The van der Waals surface area contributed by atoms with Crippen LogP contribution in [0.25, 0.3) is 0 Å². The van der Waals surface area contributed by atoms with Gasteiger partial charge < -0.3 is 10.2 Å². The molecule has 0 aromatic heterocycles. The Balaban J connectivity index is 3.48. The first kappa shape index (κ1) is 13.7. The van der Waals surface area contributed by atoms with Crippen molar-refractivity contribution >= 4 is 17.5 Å². The number of halogens is 1. The van der Waals surface area contributed by atoms with Gasteiger partial charge in [0.25, 0.3) is 0 Å². The van der Waals surface area contributed by atoms with Gasteiger partial charge in [-0.2, -0.15) is 0 Å². The summed E-state index contributed by atoms with van der Waals surface area (Å²) in [5.74, 6) is 0.435. The van der Waals surface area contributed by atoms with Gasteiger partial charge in [-0.1, -0.05) is 6.92 Å². The van der Waals surface area contributed by atoms with Crippen LogP contribution in [-0.2, 0) is 4.79 Å². The Morgan fingerprint density at radius 2 is 2.21 bits per heavy atom. The van der Waals surface area contributed by atoms with E-state index >= 15 is 0 Å². The third-order valence-electron chi connectivity index (χ3n) is 2.45. The highest BCUT2D eigenvalue weighted by Gasteiger charge is 2.06. The summed E-state index contributed by atoms with van der Waals surface area (Å²) in [6.45, 7) is 5.94. The van der Waals surface area contributed by atoms with E-state index in [1.54, 1.807) is 0 Å². The summed E-state index contributed by atoms with van der Waals surface area (Å²) >= 11 is 5.44. The van der Waals surface area contributed by atoms with Crippen LogP contribution in [0.2, 0.25) is 0 Å². The van der Waals surface area contributed by atoms with Crippen LogP contribution in [-0.4, -0.2) is 42.9 Å². The molecular weight excluding hydrogens is 200 g/mol. The molecule has 0 heterocycles. The molecule has 0 saturated heterocycles. The summed E-state index contributed by atoms with van der Waals surface area (Å²) in [6.07, 6.45) is 1.54. The first-order chi connectivity index (χ1) is 6.61. The maximum absolute atomic E-state index is 11.0. The lowest BCUT2D eigenvalue weighted by molar-refractivity contribution is -0.120. The Bertz CT molecular complexity index is 164. The molecule has 0 bridgehead atoms. The Kier molecular flexibility index (Phi) is 7.90. The molecule has 1 unspecified atom stereocenters. The molecule has 0 aromatic rings. The van der Waals surface area contributed by atoms with E-state index in [1.165, 1.54) is 0 Å². The van der Waals surface area contributed by atoms with E-state index < -0.39 is 0 Å². The van der Waals surface area contributed by atoms with Gasteiger partial charge in [0.2, 0.25) is 5.91 Å². The number of carbonyl (C=O) groups is 1. The van der Waals surface area contributed by atoms with E-state index in [0.717, 1.165) is 13.0 Å². The van der Waals surface area contributed by atoms with Crippen molar-refractivity contribution in [2.24, 2.45) is 0 Å². The topological polar surface area (TPSA) is 32.3 Å². The van der Waals surface area contributed by atoms with Gasteiger partial charge in [-0.15, -0.1) is 11.6 Å². The van der Waals surface area contributed by atoms with Crippen LogP contribution in [0.1, 0.15) is 26.7 Å². The average Bonchev–Trinajstić information content (AvgIpc) is 2.16. The molecule has 0 aromatic carbocycles. The monoisotopic (exact) mass is 220 g/mol. The average molecular weight is 221 g/mol. The minimum absolute atomic E-state index is 0.0394. The molecule has 1 amide bonds. The van der Waals surface area contributed by atoms with E-state index in [-0.39, 0.29) is 5.91 Å². The van der Waals surface area contributed by atoms with Gasteiger partial charge in [0.15, 0.2) is 0 Å². The normalized spacial score (nSPS) is 12.9. The number of hydrogen-bond donors (Lipinski definition) is 1. The maximum Gasteiger partial charge on any atom is 0.221 e. The minimum Gasteiger partial charge on any atom is -0.355 e. The first-order valence-corrected chi connectivity index (χ1v) is 5.68. The van der Waals surface area contributed by atoms with Crippen LogP contribution in [0.5, 0.6) is 0 Å². The Labute approximate surface area is 91.8 Å². The molecule has 0 aliphatic carbocycles. The van der Waals surface area contributed by atoms with Crippen molar-refractivity contribution in [1.29, 1.82) is 0 Å². The molecule has 1 atom stereocenters. The van der Waals surface area contributed by atoms with Crippen LogP contribution in [0.15, 0.2) is 0 Å². The molecule has 0 aliphatic heterocycles. The summed E-state index contributed by atoms with van der Waals surface area (Å²) < 4.78 is 0. The molecule has 4 heteroatoms. The van der Waals surface area contributed by atoms with Crippen molar-refractivity contribution in [2.45, 2.75) is 32.7 Å². The summed E-state index contributed by atoms with van der Waals surface area (Å²) in [6, 6.07) is 0.569. The maximum atomic E-state index is 11.0. The Hall–Kier alpha value is -0.280. The molecule has 0 saturated carbocycles. The quantitative estimate of drug-likeness (QED) is 0.659. The van der Waals surface area contributed by atoms with Crippen molar-refractivity contribution in [3.63, 3.8) is 0 Å². The summed E-state index contributed by atoms with van der Waals surface area (Å²) in [4.78, 5) is 13.3. The molecule has 0 rings (SSSR count). The van der Waals surface area contributed by atoms with Crippen LogP contribution in [0.4, 0.5) is 0 Å². The minimum atomic E-state index is 0.0394. The molecule has 1 N–H and O–H groups in total. The number of nitrogens with zero attached hydrogens (tertiary/aromatic N) is 1. The SMILES string of the molecule is CCC(C)N(C)CCNC(=O)CCCl. The van der Waals surface area contributed by atoms with Gasteiger partial charge in [-0.3, -0.25) is 4.79 Å². The lowest BCUT2D eigenvalue weighted by atomic mass is 10.2. The Morgan fingerprint density at radius 1 is 1.57 bits per heavy atom. The van der Waals surface area contributed by atoms with E-state index in [9.17, 15) is 4.79 Å². The summed E-state index contributed by atoms with van der Waals surface area (Å²) in [5, 5.41) is 2.83. The molecule has 84 valence electrons. The zero-order valence-electron chi connectivity index (χ0n) is 9.35. The van der Waals surface area contributed by atoms with Crippen LogP contribution in [0.3, 0.4) is 0 Å². The molecule has 3 nitrogen and oxygen atoms in total. The van der Waals surface area contributed by atoms with E-state index in [0.29, 0.717) is 24.9 Å². The molecule has 0 aliphatic rings. The van der Waals surface area contributed by atoms with E-state index in [4.69, 9.17) is 11.6 Å². The third-order valence-corrected chi connectivity index (χ3v) is 2.64. The second kappa shape index (κ2) is 8.06. The van der Waals surface area contributed by atoms with Gasteiger partial charge in [0.05, 0.1) is 0 Å². The first-order valence-electron chi connectivity index (χ1n) is 5.14. The number of hydrogen-bond acceptors (Lipinski definition) is 2. The number of alkyl halides is 1. The van der Waals surface area contributed by atoms with Crippen molar-refractivity contribution in [3.8, 4) is 0 Å². The van der Waals surface area contributed by atoms with Gasteiger partial charge in [0, 0.05) is 31.4 Å². The van der Waals surface area contributed by atoms with Gasteiger partial charge >= 0.3 is 0 Å². The molecule has 14 heavy (non-hydrogen) atoms. The van der Waals surface area contributed by atoms with Crippen molar-refractivity contribution < 1.29 is 4.79 Å². The number of likely N-dealkylation sites (N-methyl/N-ethyl adjacent to an activating group) is 1. The van der Waals surface area contributed by atoms with Crippen molar-refractivity contribution in [2.75, 3.05) is 26.0 Å². The lowest BCUT2D eigenvalue weighted by Gasteiger charge is -2.23. The largest absolute Gasteiger partial charge is 0.355 e. The second-order valence-corrected chi connectivity index (χ2v) is 3.90. The highest BCUT2D eigenvalue weighted by molar-refractivity contribution is 6.18. The van der Waals surface area contributed by atoms with Crippen LogP contribution >= 0.6 is 11.6 Å². The fourth-order valence-corrected chi connectivity index (χ4v) is 1.25. The standard InChI is InChI=1S/C10H21ClN2O/c1-4-9(2)13(3)8-7-12-10(14)5-6-11/h9H,4-8H2,1-3H3,(H,12,14). The smallest absolute Gasteiger partial charge is 0.221 e. The highest BCUT2D eigenvalue weighted by Crippen LogP contribution is 1.98. The molecule has 0 spiro atoms. The van der Waals surface area contributed by atoms with Crippen molar-refractivity contribution in [3.05, 3.63) is 0 Å². The fourth-order valence-electron chi connectivity index (χ4n) is 1.08. The zero-order chi connectivity index (χ0) is 11.0. The van der Waals surface area contributed by atoms with Gasteiger partial charge in [0.1, 0.15) is 0 Å².